The fraction of sp³-hybridized carbons (Fsp3) is 0.250. The maximum absolute atomic E-state index is 12.4. The van der Waals surface area contributed by atoms with E-state index < -0.39 is 15.6 Å². The van der Waals surface area contributed by atoms with Crippen molar-refractivity contribution in [2.24, 2.45) is 4.40 Å². The van der Waals surface area contributed by atoms with E-state index in [1.165, 1.54) is 12.3 Å². The second-order valence-electron chi connectivity index (χ2n) is 8.15. The molecule has 0 saturated heterocycles. The molecule has 0 fully saturated rings. The van der Waals surface area contributed by atoms with Gasteiger partial charge in [-0.15, -0.1) is 0 Å². The van der Waals surface area contributed by atoms with Crippen LogP contribution in [0.5, 0.6) is 0 Å². The first-order valence-electron chi connectivity index (χ1n) is 9.89. The van der Waals surface area contributed by atoms with Crippen molar-refractivity contribution in [1.29, 1.82) is 0 Å². The van der Waals surface area contributed by atoms with Gasteiger partial charge < -0.3 is 9.30 Å². The smallest absolute Gasteiger partial charge is 0.326 e. The predicted octanol–water partition coefficient (Wildman–Crippen LogP) is 4.71. The number of hydrogen-bond acceptors (Lipinski definition) is 4. The summed E-state index contributed by atoms with van der Waals surface area (Å²) in [5.74, 6) is -0.363. The average Bonchev–Trinajstić information content (AvgIpc) is 2.96. The zero-order chi connectivity index (χ0) is 22.6. The molecule has 0 radical (unpaired) electrons. The van der Waals surface area contributed by atoms with Crippen LogP contribution in [-0.4, -0.2) is 30.8 Å². The van der Waals surface area contributed by atoms with Crippen LogP contribution in [0.1, 0.15) is 37.6 Å². The van der Waals surface area contributed by atoms with Gasteiger partial charge in [-0.3, -0.25) is 4.79 Å². The quantitative estimate of drug-likeness (QED) is 0.412. The van der Waals surface area contributed by atoms with Crippen LogP contribution in [0.25, 0.3) is 17.0 Å². The fourth-order valence-corrected chi connectivity index (χ4v) is 3.87. The number of rotatable bonds is 6. The topological polar surface area (TPSA) is 77.7 Å². The van der Waals surface area contributed by atoms with Gasteiger partial charge >= 0.3 is 5.97 Å². The van der Waals surface area contributed by atoms with Crippen LogP contribution in [-0.2, 0) is 26.1 Å². The minimum atomic E-state index is -3.81. The first kappa shape index (κ1) is 22.5. The first-order valence-corrected chi connectivity index (χ1v) is 11.4. The van der Waals surface area contributed by atoms with E-state index in [2.05, 4.69) is 4.40 Å². The molecular weight excluding hydrogens is 412 g/mol. The molecule has 0 N–H and O–H groups in total. The number of benzene rings is 2. The summed E-state index contributed by atoms with van der Waals surface area (Å²) >= 11 is 0. The summed E-state index contributed by atoms with van der Waals surface area (Å²) in [6, 6.07) is 16.6. The predicted molar refractivity (Wildman–Crippen MR) is 125 cm³/mol. The van der Waals surface area contributed by atoms with E-state index in [9.17, 15) is 13.2 Å². The van der Waals surface area contributed by atoms with Gasteiger partial charge in [0.1, 0.15) is 12.1 Å². The molecule has 6 nitrogen and oxygen atoms in total. The molecule has 1 aromatic heterocycles. The highest BCUT2D eigenvalue weighted by Gasteiger charge is 2.20. The van der Waals surface area contributed by atoms with Gasteiger partial charge in [0.25, 0.3) is 10.0 Å². The van der Waals surface area contributed by atoms with E-state index in [0.29, 0.717) is 5.56 Å². The van der Waals surface area contributed by atoms with Gasteiger partial charge in [0, 0.05) is 22.2 Å². The Morgan fingerprint density at radius 2 is 1.71 bits per heavy atom. The molecule has 1 heterocycles. The molecule has 0 aliphatic carbocycles. The van der Waals surface area contributed by atoms with E-state index in [4.69, 9.17) is 4.74 Å². The normalized spacial score (nSPS) is 12.8. The Hall–Kier alpha value is -3.19. The molecule has 2 aromatic carbocycles. The summed E-state index contributed by atoms with van der Waals surface area (Å²) in [7, 11) is -3.81. The molecule has 0 aliphatic heterocycles. The average molecular weight is 439 g/mol. The molecule has 0 amide bonds. The van der Waals surface area contributed by atoms with Crippen molar-refractivity contribution < 1.29 is 17.9 Å². The van der Waals surface area contributed by atoms with Crippen molar-refractivity contribution in [3.63, 3.8) is 0 Å². The molecule has 0 saturated carbocycles. The summed E-state index contributed by atoms with van der Waals surface area (Å²) in [5.41, 5.74) is 2.38. The second kappa shape index (κ2) is 8.89. The molecule has 0 aliphatic rings. The van der Waals surface area contributed by atoms with Gasteiger partial charge in [0.2, 0.25) is 0 Å². The van der Waals surface area contributed by atoms with Crippen molar-refractivity contribution >= 4 is 39.2 Å². The van der Waals surface area contributed by atoms with E-state index in [0.717, 1.165) is 27.6 Å². The largest absolute Gasteiger partial charge is 0.459 e. The third kappa shape index (κ3) is 5.92. The number of carbonyl (C=O) groups excluding carboxylic acids is 1. The second-order valence-corrected chi connectivity index (χ2v) is 9.66. The molecule has 0 spiro atoms. The third-order valence-electron chi connectivity index (χ3n) is 4.55. The molecule has 3 aromatic rings. The monoisotopic (exact) mass is 438 g/mol. The number of carbonyl (C=O) groups is 1. The zero-order valence-corrected chi connectivity index (χ0v) is 18.9. The van der Waals surface area contributed by atoms with Crippen LogP contribution in [0.3, 0.4) is 0 Å². The van der Waals surface area contributed by atoms with Crippen LogP contribution in [0.15, 0.2) is 64.4 Å². The Morgan fingerprint density at radius 3 is 2.39 bits per heavy atom. The van der Waals surface area contributed by atoms with Crippen LogP contribution in [0.4, 0.5) is 0 Å². The summed E-state index contributed by atoms with van der Waals surface area (Å²) in [6.07, 6.45) is 2.85. The molecule has 162 valence electrons. The molecule has 0 atom stereocenters. The molecular formula is C24H26N2O4S. The lowest BCUT2D eigenvalue weighted by atomic mass is 10.1. The van der Waals surface area contributed by atoms with Crippen molar-refractivity contribution in [3.05, 3.63) is 76.8 Å². The third-order valence-corrected chi connectivity index (χ3v) is 5.43. The molecule has 0 unspecified atom stereocenters. The number of esters is 1. The van der Waals surface area contributed by atoms with Crippen molar-refractivity contribution in [3.8, 4) is 0 Å². The number of nitrogens with zero attached hydrogens (tertiary/aromatic N) is 2. The van der Waals surface area contributed by atoms with Gasteiger partial charge in [-0.1, -0.05) is 48.5 Å². The van der Waals surface area contributed by atoms with Crippen molar-refractivity contribution in [2.75, 3.05) is 0 Å². The van der Waals surface area contributed by atoms with Crippen molar-refractivity contribution in [2.45, 2.75) is 39.8 Å². The highest BCUT2D eigenvalue weighted by Crippen LogP contribution is 2.25. The Morgan fingerprint density at radius 1 is 1.06 bits per heavy atom. The number of hydrogen-bond donors (Lipinski definition) is 0. The minimum absolute atomic E-state index is 0.0259. The Kier molecular flexibility index (Phi) is 6.45. The van der Waals surface area contributed by atoms with E-state index in [1.807, 2.05) is 86.9 Å². The lowest BCUT2D eigenvalue weighted by molar-refractivity contribution is -0.155. The van der Waals surface area contributed by atoms with Crippen LogP contribution < -0.4 is 0 Å². The number of para-hydroxylation sites is 1. The standard InChI is InChI=1S/C24H26N2O4S/c1-18-21(16-25-31(28,29)15-14-19-10-6-5-7-11-19)20-12-8-9-13-22(20)26(18)17-23(27)30-24(2,3)4/h5-16H,17H2,1-4H3/b15-14+,25-16+. The van der Waals surface area contributed by atoms with E-state index in [-0.39, 0.29) is 12.5 Å². The highest BCUT2D eigenvalue weighted by molar-refractivity contribution is 7.93. The van der Waals surface area contributed by atoms with Gasteiger partial charge in [0.15, 0.2) is 0 Å². The summed E-state index contributed by atoms with van der Waals surface area (Å²) in [4.78, 5) is 12.4. The Bertz CT molecular complexity index is 1250. The van der Waals surface area contributed by atoms with Gasteiger partial charge in [-0.05, 0) is 45.4 Å². The van der Waals surface area contributed by atoms with Gasteiger partial charge in [0.05, 0.1) is 11.6 Å². The van der Waals surface area contributed by atoms with E-state index in [1.54, 1.807) is 0 Å². The molecule has 31 heavy (non-hydrogen) atoms. The minimum Gasteiger partial charge on any atom is -0.459 e. The molecule has 7 heteroatoms. The fourth-order valence-electron chi connectivity index (χ4n) is 3.22. The van der Waals surface area contributed by atoms with Gasteiger partial charge in [-0.2, -0.15) is 12.8 Å². The SMILES string of the molecule is Cc1c(/C=N/S(=O)(=O)/C=C/c2ccccc2)c2ccccc2n1CC(=O)OC(C)(C)C. The number of fused-ring (bicyclic) bond motifs is 1. The number of sulfonamides is 1. The van der Waals surface area contributed by atoms with Crippen molar-refractivity contribution in [1.82, 2.24) is 4.57 Å². The lowest BCUT2D eigenvalue weighted by Gasteiger charge is -2.20. The maximum atomic E-state index is 12.4. The first-order chi connectivity index (χ1) is 14.6. The number of ether oxygens (including phenoxy) is 1. The maximum Gasteiger partial charge on any atom is 0.326 e. The van der Waals surface area contributed by atoms with E-state index >= 15 is 0 Å². The summed E-state index contributed by atoms with van der Waals surface area (Å²) < 4.78 is 35.9. The Labute approximate surface area is 182 Å². The highest BCUT2D eigenvalue weighted by atomic mass is 32.2. The number of aromatic nitrogens is 1. The molecule has 3 rings (SSSR count). The summed E-state index contributed by atoms with van der Waals surface area (Å²) in [5, 5.41) is 1.89. The van der Waals surface area contributed by atoms with Crippen LogP contribution in [0.2, 0.25) is 0 Å². The Balaban J connectivity index is 1.93. The van der Waals surface area contributed by atoms with Gasteiger partial charge in [-0.25, -0.2) is 0 Å². The lowest BCUT2D eigenvalue weighted by Crippen LogP contribution is -2.26. The van der Waals surface area contributed by atoms with Crippen LogP contribution >= 0.6 is 0 Å². The summed E-state index contributed by atoms with van der Waals surface area (Å²) in [6.45, 7) is 7.31. The molecule has 0 bridgehead atoms. The zero-order valence-electron chi connectivity index (χ0n) is 18.1. The van der Waals surface area contributed by atoms with Crippen LogP contribution in [0, 0.1) is 6.92 Å².